The average Bonchev–Trinajstić information content (AvgIpc) is 2.61. The van der Waals surface area contributed by atoms with Gasteiger partial charge in [0.25, 0.3) is 0 Å². The van der Waals surface area contributed by atoms with E-state index in [1.807, 2.05) is 19.1 Å². The molecule has 2 amide bonds. The van der Waals surface area contributed by atoms with E-state index in [-0.39, 0.29) is 11.8 Å². The van der Waals surface area contributed by atoms with E-state index in [0.29, 0.717) is 13.1 Å². The Labute approximate surface area is 148 Å². The van der Waals surface area contributed by atoms with Crippen molar-refractivity contribution < 1.29 is 9.59 Å². The number of benzene rings is 2. The number of likely N-dealkylation sites (tertiary alicyclic amines) is 1. The third-order valence-electron chi connectivity index (χ3n) is 5.03. The Kier molecular flexibility index (Phi) is 5.04. The minimum Gasteiger partial charge on any atom is -0.355 e. The smallest absolute Gasteiger partial charge is 0.240 e. The van der Waals surface area contributed by atoms with Gasteiger partial charge in [-0.25, -0.2) is 0 Å². The van der Waals surface area contributed by atoms with Crippen molar-refractivity contribution in [3.63, 3.8) is 0 Å². The van der Waals surface area contributed by atoms with Gasteiger partial charge in [-0.2, -0.15) is 0 Å². The van der Waals surface area contributed by atoms with Crippen molar-refractivity contribution in [3.05, 3.63) is 48.0 Å². The van der Waals surface area contributed by atoms with Crippen LogP contribution < -0.4 is 10.6 Å². The van der Waals surface area contributed by atoms with Crippen LogP contribution in [0.4, 0.5) is 0 Å². The largest absolute Gasteiger partial charge is 0.355 e. The minimum atomic E-state index is -0.470. The molecule has 25 heavy (non-hydrogen) atoms. The van der Waals surface area contributed by atoms with E-state index in [9.17, 15) is 9.59 Å². The first kappa shape index (κ1) is 17.4. The lowest BCUT2D eigenvalue weighted by atomic mass is 9.85. The van der Waals surface area contributed by atoms with Crippen molar-refractivity contribution in [3.8, 4) is 0 Å². The highest BCUT2D eigenvalue weighted by atomic mass is 16.2. The molecule has 132 valence electrons. The Balaban J connectivity index is 1.60. The van der Waals surface area contributed by atoms with Gasteiger partial charge in [-0.05, 0) is 35.7 Å². The van der Waals surface area contributed by atoms with Gasteiger partial charge in [0, 0.05) is 33.1 Å². The van der Waals surface area contributed by atoms with Crippen LogP contribution in [-0.2, 0) is 16.1 Å². The molecule has 2 aromatic carbocycles. The van der Waals surface area contributed by atoms with E-state index in [1.54, 1.807) is 0 Å². The molecular formula is C20H25N3O2. The van der Waals surface area contributed by atoms with Crippen molar-refractivity contribution in [1.82, 2.24) is 15.5 Å². The van der Waals surface area contributed by atoms with E-state index < -0.39 is 5.54 Å². The Bertz CT molecular complexity index is 789. The highest BCUT2D eigenvalue weighted by Crippen LogP contribution is 2.32. The third kappa shape index (κ3) is 3.82. The lowest BCUT2D eigenvalue weighted by Crippen LogP contribution is -2.65. The van der Waals surface area contributed by atoms with Crippen molar-refractivity contribution in [1.29, 1.82) is 0 Å². The number of nitrogens with zero attached hydrogens (tertiary/aromatic N) is 1. The zero-order valence-electron chi connectivity index (χ0n) is 14.8. The maximum atomic E-state index is 12.5. The number of carbonyl (C=O) groups excluding carboxylic acids is 2. The third-order valence-corrected chi connectivity index (χ3v) is 5.03. The van der Waals surface area contributed by atoms with Gasteiger partial charge in [0.05, 0.1) is 5.54 Å². The maximum absolute atomic E-state index is 12.5. The molecule has 0 bridgehead atoms. The molecule has 1 aliphatic heterocycles. The summed E-state index contributed by atoms with van der Waals surface area (Å²) in [5, 5.41) is 8.07. The summed E-state index contributed by atoms with van der Waals surface area (Å²) in [6.45, 7) is 6.06. The van der Waals surface area contributed by atoms with Gasteiger partial charge in [0.2, 0.25) is 11.8 Å². The minimum absolute atomic E-state index is 0.0323. The fourth-order valence-electron chi connectivity index (χ4n) is 3.28. The highest BCUT2D eigenvalue weighted by Gasteiger charge is 2.46. The molecule has 2 aromatic rings. The van der Waals surface area contributed by atoms with Gasteiger partial charge in [-0.1, -0.05) is 36.4 Å². The van der Waals surface area contributed by atoms with Crippen LogP contribution in [0.15, 0.2) is 42.5 Å². The fourth-order valence-corrected chi connectivity index (χ4v) is 3.28. The highest BCUT2D eigenvalue weighted by molar-refractivity contribution is 5.87. The molecule has 0 aliphatic carbocycles. The number of hydrogen-bond acceptors (Lipinski definition) is 3. The van der Waals surface area contributed by atoms with Crippen LogP contribution in [0.2, 0.25) is 0 Å². The maximum Gasteiger partial charge on any atom is 0.240 e. The predicted octanol–water partition coefficient (Wildman–Crippen LogP) is 2.06. The van der Waals surface area contributed by atoms with Crippen LogP contribution in [0.25, 0.3) is 10.8 Å². The van der Waals surface area contributed by atoms with Crippen LogP contribution >= 0.6 is 0 Å². The Morgan fingerprint density at radius 3 is 2.48 bits per heavy atom. The summed E-state index contributed by atoms with van der Waals surface area (Å²) >= 11 is 0. The topological polar surface area (TPSA) is 61.4 Å². The molecule has 1 fully saturated rings. The SMILES string of the molecule is CC(=O)NCCNC(=O)C1(C)CCN1Cc1ccc2ccccc2c1. The normalized spacial score (nSPS) is 20.1. The molecule has 0 aromatic heterocycles. The summed E-state index contributed by atoms with van der Waals surface area (Å²) < 4.78 is 0. The molecule has 0 saturated carbocycles. The van der Waals surface area contributed by atoms with E-state index in [1.165, 1.54) is 23.3 Å². The molecule has 1 heterocycles. The quantitative estimate of drug-likeness (QED) is 0.792. The van der Waals surface area contributed by atoms with Crippen molar-refractivity contribution in [2.75, 3.05) is 19.6 Å². The summed E-state index contributed by atoms with van der Waals surface area (Å²) in [6.07, 6.45) is 0.854. The Morgan fingerprint density at radius 1 is 1.08 bits per heavy atom. The molecule has 2 N–H and O–H groups in total. The lowest BCUT2D eigenvalue weighted by Gasteiger charge is -2.49. The van der Waals surface area contributed by atoms with Gasteiger partial charge in [-0.3, -0.25) is 14.5 Å². The van der Waals surface area contributed by atoms with Gasteiger partial charge >= 0.3 is 0 Å². The first-order valence-corrected chi connectivity index (χ1v) is 8.74. The van der Waals surface area contributed by atoms with Crippen LogP contribution in [0.1, 0.15) is 25.8 Å². The Hall–Kier alpha value is -2.40. The van der Waals surface area contributed by atoms with Gasteiger partial charge in [0.15, 0.2) is 0 Å². The summed E-state index contributed by atoms with van der Waals surface area (Å²) in [6, 6.07) is 14.8. The summed E-state index contributed by atoms with van der Waals surface area (Å²) in [7, 11) is 0. The van der Waals surface area contributed by atoms with E-state index >= 15 is 0 Å². The van der Waals surface area contributed by atoms with Crippen molar-refractivity contribution in [2.45, 2.75) is 32.4 Å². The molecule has 1 unspecified atom stereocenters. The molecular weight excluding hydrogens is 314 g/mol. The van der Waals surface area contributed by atoms with Gasteiger partial charge in [0.1, 0.15) is 0 Å². The molecule has 0 spiro atoms. The molecule has 0 radical (unpaired) electrons. The number of hydrogen-bond donors (Lipinski definition) is 2. The summed E-state index contributed by atoms with van der Waals surface area (Å²) in [4.78, 5) is 25.6. The molecule has 1 saturated heterocycles. The molecule has 3 rings (SSSR count). The zero-order chi connectivity index (χ0) is 17.9. The van der Waals surface area contributed by atoms with Gasteiger partial charge in [-0.15, -0.1) is 0 Å². The average molecular weight is 339 g/mol. The fraction of sp³-hybridized carbons (Fsp3) is 0.400. The number of amides is 2. The van der Waals surface area contributed by atoms with E-state index in [0.717, 1.165) is 19.5 Å². The van der Waals surface area contributed by atoms with Crippen LogP contribution in [0.5, 0.6) is 0 Å². The molecule has 1 aliphatic rings. The standard InChI is InChI=1S/C20H25N3O2/c1-15(24)21-10-11-22-19(25)20(2)9-12-23(20)14-16-7-8-17-5-3-4-6-18(17)13-16/h3-8,13H,9-12,14H2,1-2H3,(H,21,24)(H,22,25). The Morgan fingerprint density at radius 2 is 1.80 bits per heavy atom. The molecule has 1 atom stereocenters. The van der Waals surface area contributed by atoms with E-state index in [4.69, 9.17) is 0 Å². The van der Waals surface area contributed by atoms with Gasteiger partial charge < -0.3 is 10.6 Å². The monoisotopic (exact) mass is 339 g/mol. The first-order chi connectivity index (χ1) is 12.0. The number of fused-ring (bicyclic) bond motifs is 1. The van der Waals surface area contributed by atoms with Crippen molar-refractivity contribution in [2.24, 2.45) is 0 Å². The molecule has 5 nitrogen and oxygen atoms in total. The second-order valence-electron chi connectivity index (χ2n) is 6.87. The second kappa shape index (κ2) is 7.23. The van der Waals surface area contributed by atoms with Crippen LogP contribution in [0.3, 0.4) is 0 Å². The lowest BCUT2D eigenvalue weighted by molar-refractivity contribution is -0.142. The predicted molar refractivity (Wildman–Crippen MR) is 99.1 cm³/mol. The van der Waals surface area contributed by atoms with Crippen LogP contribution in [0, 0.1) is 0 Å². The van der Waals surface area contributed by atoms with Crippen molar-refractivity contribution >= 4 is 22.6 Å². The van der Waals surface area contributed by atoms with E-state index in [2.05, 4.69) is 45.9 Å². The number of rotatable bonds is 6. The zero-order valence-corrected chi connectivity index (χ0v) is 14.8. The number of nitrogens with one attached hydrogen (secondary N) is 2. The van der Waals surface area contributed by atoms with Crippen LogP contribution in [-0.4, -0.2) is 41.9 Å². The first-order valence-electron chi connectivity index (χ1n) is 8.74. The summed E-state index contributed by atoms with van der Waals surface area (Å²) in [5.41, 5.74) is 0.748. The number of carbonyl (C=O) groups is 2. The summed E-state index contributed by atoms with van der Waals surface area (Å²) in [5.74, 6) is -0.0491. The second-order valence-corrected chi connectivity index (χ2v) is 6.87. The molecule has 5 heteroatoms.